The van der Waals surface area contributed by atoms with Crippen molar-refractivity contribution in [2.75, 3.05) is 0 Å². The monoisotopic (exact) mass is 178 g/mol. The number of hydrogen-bond donors (Lipinski definition) is 0. The zero-order valence-electron chi connectivity index (χ0n) is 6.58. The van der Waals surface area contributed by atoms with E-state index in [1.165, 1.54) is 5.56 Å². The fourth-order valence-electron chi connectivity index (χ4n) is 1.11. The minimum atomic E-state index is 0.299. The molecule has 0 aliphatic heterocycles. The maximum Gasteiger partial charge on any atom is 0.222 e. The van der Waals surface area contributed by atoms with Gasteiger partial charge >= 0.3 is 0 Å². The molecule has 2 nitrogen and oxygen atoms in total. The van der Waals surface area contributed by atoms with Crippen molar-refractivity contribution in [2.24, 2.45) is 0 Å². The van der Waals surface area contributed by atoms with Crippen LogP contribution in [0.25, 0.3) is 10.9 Å². The van der Waals surface area contributed by atoms with E-state index in [4.69, 9.17) is 11.6 Å². The second-order valence-corrected chi connectivity index (χ2v) is 3.04. The summed E-state index contributed by atoms with van der Waals surface area (Å²) in [4.78, 5) is 7.98. The first kappa shape index (κ1) is 7.50. The van der Waals surface area contributed by atoms with E-state index in [1.807, 2.05) is 25.1 Å². The van der Waals surface area contributed by atoms with Crippen molar-refractivity contribution in [3.05, 3.63) is 35.2 Å². The second kappa shape index (κ2) is 2.72. The fraction of sp³-hybridized carbons (Fsp3) is 0.111. The van der Waals surface area contributed by atoms with Gasteiger partial charge in [0.05, 0.1) is 5.52 Å². The number of aryl methyl sites for hydroxylation is 1. The van der Waals surface area contributed by atoms with E-state index in [2.05, 4.69) is 9.97 Å². The highest BCUT2D eigenvalue weighted by Crippen LogP contribution is 2.13. The molecule has 1 aromatic heterocycles. The Morgan fingerprint density at radius 1 is 1.33 bits per heavy atom. The average Bonchev–Trinajstić information content (AvgIpc) is 2.03. The molecule has 0 spiro atoms. The van der Waals surface area contributed by atoms with Crippen LogP contribution in [0.5, 0.6) is 0 Å². The topological polar surface area (TPSA) is 25.8 Å². The summed E-state index contributed by atoms with van der Waals surface area (Å²) in [6.45, 7) is 2.02. The molecule has 1 aromatic carbocycles. The third kappa shape index (κ3) is 1.25. The molecule has 0 radical (unpaired) electrons. The standard InChI is InChI=1S/C9H7ClN2/c1-6-2-3-7-5-11-9(10)12-8(7)4-6/h2-5H,1H3. The van der Waals surface area contributed by atoms with Crippen LogP contribution in [0.3, 0.4) is 0 Å². The van der Waals surface area contributed by atoms with Gasteiger partial charge < -0.3 is 0 Å². The molecule has 0 aliphatic carbocycles. The number of fused-ring (bicyclic) bond motifs is 1. The molecule has 0 saturated carbocycles. The summed E-state index contributed by atoms with van der Waals surface area (Å²) in [5.41, 5.74) is 2.08. The Morgan fingerprint density at radius 3 is 3.00 bits per heavy atom. The molecule has 0 amide bonds. The van der Waals surface area contributed by atoms with Crippen molar-refractivity contribution in [1.82, 2.24) is 9.97 Å². The molecule has 0 fully saturated rings. The number of rotatable bonds is 0. The fourth-order valence-corrected chi connectivity index (χ4v) is 1.25. The quantitative estimate of drug-likeness (QED) is 0.580. The zero-order chi connectivity index (χ0) is 8.55. The first-order valence-corrected chi connectivity index (χ1v) is 4.02. The summed E-state index contributed by atoms with van der Waals surface area (Å²) in [5.74, 6) is 0. The van der Waals surface area contributed by atoms with E-state index in [0.29, 0.717) is 5.28 Å². The van der Waals surface area contributed by atoms with E-state index in [-0.39, 0.29) is 0 Å². The predicted molar refractivity (Wildman–Crippen MR) is 49.3 cm³/mol. The summed E-state index contributed by atoms with van der Waals surface area (Å²) < 4.78 is 0. The van der Waals surface area contributed by atoms with Crippen LogP contribution in [-0.4, -0.2) is 9.97 Å². The molecule has 0 saturated heterocycles. The van der Waals surface area contributed by atoms with Crippen LogP contribution < -0.4 is 0 Å². The smallest absolute Gasteiger partial charge is 0.222 e. The average molecular weight is 179 g/mol. The van der Waals surface area contributed by atoms with Crippen LogP contribution in [0.1, 0.15) is 5.56 Å². The maximum atomic E-state index is 5.65. The lowest BCUT2D eigenvalue weighted by atomic mass is 10.2. The van der Waals surface area contributed by atoms with Crippen molar-refractivity contribution in [3.63, 3.8) is 0 Å². The van der Waals surface area contributed by atoms with Gasteiger partial charge in [-0.1, -0.05) is 12.1 Å². The van der Waals surface area contributed by atoms with Gasteiger partial charge in [-0.25, -0.2) is 9.97 Å². The van der Waals surface area contributed by atoms with Gasteiger partial charge in [0.2, 0.25) is 5.28 Å². The van der Waals surface area contributed by atoms with Crippen LogP contribution in [-0.2, 0) is 0 Å². The van der Waals surface area contributed by atoms with Gasteiger partial charge in [-0.15, -0.1) is 0 Å². The third-order valence-corrected chi connectivity index (χ3v) is 1.89. The van der Waals surface area contributed by atoms with Gasteiger partial charge in [0.25, 0.3) is 0 Å². The van der Waals surface area contributed by atoms with Crippen LogP contribution in [0, 0.1) is 6.92 Å². The summed E-state index contributed by atoms with van der Waals surface area (Å²) in [6.07, 6.45) is 1.73. The molecule has 0 N–H and O–H groups in total. The van der Waals surface area contributed by atoms with Gasteiger partial charge in [-0.3, -0.25) is 0 Å². The molecular formula is C9H7ClN2. The lowest BCUT2D eigenvalue weighted by Gasteiger charge is -1.97. The summed E-state index contributed by atoms with van der Waals surface area (Å²) in [7, 11) is 0. The number of nitrogens with zero attached hydrogens (tertiary/aromatic N) is 2. The zero-order valence-corrected chi connectivity index (χ0v) is 7.34. The second-order valence-electron chi connectivity index (χ2n) is 2.70. The molecule has 60 valence electrons. The highest BCUT2D eigenvalue weighted by molar-refractivity contribution is 6.28. The Morgan fingerprint density at radius 2 is 2.17 bits per heavy atom. The molecule has 2 aromatic rings. The van der Waals surface area contributed by atoms with Crippen molar-refractivity contribution < 1.29 is 0 Å². The maximum absolute atomic E-state index is 5.65. The number of aromatic nitrogens is 2. The molecule has 0 aliphatic rings. The number of hydrogen-bond acceptors (Lipinski definition) is 2. The molecule has 0 bridgehead atoms. The van der Waals surface area contributed by atoms with Gasteiger partial charge in [0.15, 0.2) is 0 Å². The van der Waals surface area contributed by atoms with E-state index < -0.39 is 0 Å². The van der Waals surface area contributed by atoms with Crippen LogP contribution >= 0.6 is 11.6 Å². The Balaban J connectivity index is 2.80. The number of benzene rings is 1. The Labute approximate surface area is 75.2 Å². The molecule has 1 heterocycles. The van der Waals surface area contributed by atoms with Crippen molar-refractivity contribution in [2.45, 2.75) is 6.92 Å². The lowest BCUT2D eigenvalue weighted by Crippen LogP contribution is -1.84. The van der Waals surface area contributed by atoms with Gasteiger partial charge in [-0.05, 0) is 30.2 Å². The van der Waals surface area contributed by atoms with Crippen molar-refractivity contribution in [1.29, 1.82) is 0 Å². The first-order valence-electron chi connectivity index (χ1n) is 3.64. The van der Waals surface area contributed by atoms with Gasteiger partial charge in [-0.2, -0.15) is 0 Å². The SMILES string of the molecule is Cc1ccc2cnc(Cl)nc2c1. The minimum absolute atomic E-state index is 0.299. The third-order valence-electron chi connectivity index (χ3n) is 1.71. The lowest BCUT2D eigenvalue weighted by molar-refractivity contribution is 1.22. The van der Waals surface area contributed by atoms with Gasteiger partial charge in [0.1, 0.15) is 0 Å². The molecule has 2 rings (SSSR count). The number of halogens is 1. The minimum Gasteiger partial charge on any atom is -0.226 e. The Hall–Kier alpha value is -1.15. The predicted octanol–water partition coefficient (Wildman–Crippen LogP) is 2.59. The molecule has 3 heteroatoms. The van der Waals surface area contributed by atoms with E-state index in [1.54, 1.807) is 6.20 Å². The highest BCUT2D eigenvalue weighted by atomic mass is 35.5. The normalized spacial score (nSPS) is 10.5. The van der Waals surface area contributed by atoms with Crippen molar-refractivity contribution in [3.8, 4) is 0 Å². The van der Waals surface area contributed by atoms with E-state index >= 15 is 0 Å². The molecule has 0 unspecified atom stereocenters. The van der Waals surface area contributed by atoms with E-state index in [0.717, 1.165) is 10.9 Å². The highest BCUT2D eigenvalue weighted by Gasteiger charge is 1.96. The van der Waals surface area contributed by atoms with Gasteiger partial charge in [0, 0.05) is 11.6 Å². The van der Waals surface area contributed by atoms with Crippen molar-refractivity contribution >= 4 is 22.5 Å². The summed E-state index contributed by atoms with van der Waals surface area (Å²) in [6, 6.07) is 6.00. The summed E-state index contributed by atoms with van der Waals surface area (Å²) >= 11 is 5.65. The Kier molecular flexibility index (Phi) is 1.70. The molecule has 0 atom stereocenters. The molecule has 12 heavy (non-hydrogen) atoms. The largest absolute Gasteiger partial charge is 0.226 e. The Bertz CT molecular complexity index is 389. The first-order chi connectivity index (χ1) is 5.75. The van der Waals surface area contributed by atoms with E-state index in [9.17, 15) is 0 Å². The molecular weight excluding hydrogens is 172 g/mol. The van der Waals surface area contributed by atoms with Crippen LogP contribution in [0.2, 0.25) is 5.28 Å². The summed E-state index contributed by atoms with van der Waals surface area (Å²) in [5, 5.41) is 1.32. The van der Waals surface area contributed by atoms with Crippen LogP contribution in [0.15, 0.2) is 24.4 Å². The van der Waals surface area contributed by atoms with Crippen LogP contribution in [0.4, 0.5) is 0 Å².